The van der Waals surface area contributed by atoms with Crippen molar-refractivity contribution < 1.29 is 23.5 Å². The number of anilines is 1. The highest BCUT2D eigenvalue weighted by Crippen LogP contribution is 2.40. The summed E-state index contributed by atoms with van der Waals surface area (Å²) in [6, 6.07) is 17.2. The molecular weight excluding hydrogens is 594 g/mol. The zero-order valence-electron chi connectivity index (χ0n) is 27.4. The van der Waals surface area contributed by atoms with Gasteiger partial charge in [-0.25, -0.2) is 9.59 Å². The van der Waals surface area contributed by atoms with Gasteiger partial charge in [0.25, 0.3) is 0 Å². The van der Waals surface area contributed by atoms with Gasteiger partial charge in [0, 0.05) is 41.8 Å². The van der Waals surface area contributed by atoms with Crippen LogP contribution in [-0.2, 0) is 13.9 Å². The first-order valence-electron chi connectivity index (χ1n) is 14.8. The maximum absolute atomic E-state index is 13.5. The fourth-order valence-electron chi connectivity index (χ4n) is 4.20. The highest BCUT2D eigenvalue weighted by molar-refractivity contribution is 6.74. The van der Waals surface area contributed by atoms with Crippen molar-refractivity contribution >= 4 is 37.7 Å². The van der Waals surface area contributed by atoms with Crippen molar-refractivity contribution in [1.29, 1.82) is 0 Å². The Morgan fingerprint density at radius 1 is 0.977 bits per heavy atom. The highest BCUT2D eigenvalue weighted by Gasteiger charge is 2.40. The third kappa shape index (κ3) is 10.1. The minimum Gasteiger partial charge on any atom is -0.465 e. The number of ether oxygens (including phenoxy) is 2. The number of aromatic nitrogens is 1. The second kappa shape index (κ2) is 14.6. The van der Waals surface area contributed by atoms with Gasteiger partial charge in [-0.05, 0) is 80.4 Å². The number of hydrogen-bond donors (Lipinski definition) is 1. The number of pyridine rings is 1. The second-order valence-electron chi connectivity index (χ2n) is 13.3. The lowest BCUT2D eigenvalue weighted by Gasteiger charge is -2.40. The van der Waals surface area contributed by atoms with E-state index in [0.717, 1.165) is 22.4 Å². The Labute approximate surface area is 268 Å². The summed E-state index contributed by atoms with van der Waals surface area (Å²) in [5.74, 6) is -0.440. The Bertz CT molecular complexity index is 1430. The number of methoxy groups -OCH3 is 1. The van der Waals surface area contributed by atoms with Gasteiger partial charge in [-0.3, -0.25) is 4.98 Å². The lowest BCUT2D eigenvalue weighted by molar-refractivity contribution is 0.0165. The summed E-state index contributed by atoms with van der Waals surface area (Å²) in [7, 11) is -0.880. The van der Waals surface area contributed by atoms with Gasteiger partial charge in [-0.15, -0.1) is 0 Å². The maximum Gasteiger partial charge on any atom is 0.410 e. The van der Waals surface area contributed by atoms with Crippen molar-refractivity contribution in [1.82, 2.24) is 9.88 Å². The summed E-state index contributed by atoms with van der Waals surface area (Å²) in [6.07, 6.45) is 2.38. The molecule has 8 nitrogen and oxygen atoms in total. The number of rotatable bonds is 11. The summed E-state index contributed by atoms with van der Waals surface area (Å²) in [4.78, 5) is 31.4. The fraction of sp³-hybridized carbons (Fsp3) is 0.441. The molecule has 44 heavy (non-hydrogen) atoms. The number of nitrogens with one attached hydrogen (secondary N) is 1. The monoisotopic (exact) mass is 639 g/mol. The summed E-state index contributed by atoms with van der Waals surface area (Å²) in [6.45, 7) is 17.7. The molecule has 2 aromatic carbocycles. The van der Waals surface area contributed by atoms with Crippen LogP contribution in [0.1, 0.15) is 63.6 Å². The van der Waals surface area contributed by atoms with Crippen LogP contribution < -0.4 is 5.32 Å². The van der Waals surface area contributed by atoms with Crippen LogP contribution in [0.4, 0.5) is 10.5 Å². The van der Waals surface area contributed by atoms with E-state index in [0.29, 0.717) is 30.2 Å². The van der Waals surface area contributed by atoms with Gasteiger partial charge in [-0.2, -0.15) is 0 Å². The van der Waals surface area contributed by atoms with Gasteiger partial charge in [0.2, 0.25) is 0 Å². The van der Waals surface area contributed by atoms with Crippen LogP contribution in [-0.4, -0.2) is 62.6 Å². The largest absolute Gasteiger partial charge is 0.465 e. The van der Waals surface area contributed by atoms with Crippen LogP contribution in [0.3, 0.4) is 0 Å². The van der Waals surface area contributed by atoms with Crippen molar-refractivity contribution in [2.45, 2.75) is 71.4 Å². The molecule has 1 unspecified atom stereocenters. The number of amides is 1. The zero-order chi connectivity index (χ0) is 32.7. The van der Waals surface area contributed by atoms with Gasteiger partial charge in [0.1, 0.15) is 5.60 Å². The topological polar surface area (TPSA) is 90.0 Å². The number of halogens is 1. The average Bonchev–Trinajstić information content (AvgIpc) is 2.94. The molecule has 1 N–H and O–H groups in total. The normalized spacial score (nSPS) is 12.8. The van der Waals surface area contributed by atoms with E-state index in [-0.39, 0.29) is 11.1 Å². The third-order valence-electron chi connectivity index (χ3n) is 7.57. The summed E-state index contributed by atoms with van der Waals surface area (Å²) >= 11 is 6.39. The van der Waals surface area contributed by atoms with Gasteiger partial charge < -0.3 is 24.1 Å². The number of benzene rings is 2. The summed E-state index contributed by atoms with van der Waals surface area (Å²) in [5.41, 5.74) is 3.18. The molecule has 0 radical (unpaired) electrons. The molecule has 0 aliphatic rings. The van der Waals surface area contributed by atoms with E-state index in [1.807, 2.05) is 69.3 Å². The third-order valence-corrected chi connectivity index (χ3v) is 12.3. The van der Waals surface area contributed by atoms with E-state index in [4.69, 9.17) is 25.5 Å². The van der Waals surface area contributed by atoms with Crippen LogP contribution >= 0.6 is 11.6 Å². The molecule has 0 bridgehead atoms. The molecule has 1 amide bonds. The van der Waals surface area contributed by atoms with Crippen molar-refractivity contribution in [2.24, 2.45) is 0 Å². The number of esters is 1. The Hall–Kier alpha value is -3.40. The van der Waals surface area contributed by atoms with E-state index in [9.17, 15) is 9.59 Å². The smallest absolute Gasteiger partial charge is 0.410 e. The number of nitrogens with zero attached hydrogens (tertiary/aromatic N) is 2. The van der Waals surface area contributed by atoms with Crippen LogP contribution in [0.25, 0.3) is 11.1 Å². The second-order valence-corrected chi connectivity index (χ2v) is 18.5. The molecule has 238 valence electrons. The van der Waals surface area contributed by atoms with Crippen molar-refractivity contribution in [3.63, 3.8) is 0 Å². The first-order valence-corrected chi connectivity index (χ1v) is 18.1. The van der Waals surface area contributed by atoms with Crippen molar-refractivity contribution in [2.75, 3.05) is 32.1 Å². The molecule has 0 saturated heterocycles. The predicted octanol–water partition coefficient (Wildman–Crippen LogP) is 8.60. The number of carbonyl (C=O) groups excluding carboxylic acids is 2. The van der Waals surface area contributed by atoms with Crippen molar-refractivity contribution in [3.8, 4) is 11.1 Å². The van der Waals surface area contributed by atoms with Crippen LogP contribution in [0.5, 0.6) is 0 Å². The molecule has 1 heterocycles. The van der Waals surface area contributed by atoms with Crippen LogP contribution in [0.15, 0.2) is 67.0 Å². The molecular formula is C34H46ClN3O5Si. The molecule has 0 aliphatic carbocycles. The van der Waals surface area contributed by atoms with Crippen LogP contribution in [0, 0.1) is 0 Å². The van der Waals surface area contributed by atoms with E-state index in [1.54, 1.807) is 17.2 Å². The standard InChI is InChI=1S/C34H46ClN3O5Si/c1-33(2,3)42-32(40)38(23-30(25-13-10-14-28(35)19-25)43-44(8,9)34(4,5)6)17-16-37-29-15-11-12-24(20-29)26-18-27(22-36-21-26)31(39)41-7/h10-15,18-22,30,37H,16-17,23H2,1-9H3. The lowest BCUT2D eigenvalue weighted by atomic mass is 10.1. The van der Waals surface area contributed by atoms with Gasteiger partial charge in [0.15, 0.2) is 8.32 Å². The SMILES string of the molecule is COC(=O)c1cncc(-c2cccc(NCCN(CC(O[Si](C)(C)C(C)(C)C)c3cccc(Cl)c3)C(=O)OC(C)(C)C)c2)c1. The minimum absolute atomic E-state index is 0.0287. The summed E-state index contributed by atoms with van der Waals surface area (Å²) in [5, 5.41) is 4.02. The Balaban J connectivity index is 1.84. The van der Waals surface area contributed by atoms with Gasteiger partial charge in [0.05, 0.1) is 25.3 Å². The minimum atomic E-state index is -2.22. The van der Waals surface area contributed by atoms with Crippen LogP contribution in [0.2, 0.25) is 23.2 Å². The summed E-state index contributed by atoms with van der Waals surface area (Å²) < 4.78 is 17.5. The Morgan fingerprint density at radius 2 is 1.68 bits per heavy atom. The first kappa shape index (κ1) is 35.1. The molecule has 1 aromatic heterocycles. The Morgan fingerprint density at radius 3 is 2.32 bits per heavy atom. The van der Waals surface area contributed by atoms with E-state index in [1.165, 1.54) is 13.3 Å². The number of carbonyl (C=O) groups is 2. The molecule has 1 atom stereocenters. The predicted molar refractivity (Wildman–Crippen MR) is 180 cm³/mol. The average molecular weight is 640 g/mol. The molecule has 3 rings (SSSR count). The molecule has 3 aromatic rings. The lowest BCUT2D eigenvalue weighted by Crippen LogP contribution is -2.46. The quantitative estimate of drug-likeness (QED) is 0.166. The Kier molecular flexibility index (Phi) is 11.6. The van der Waals surface area contributed by atoms with Crippen molar-refractivity contribution in [3.05, 3.63) is 83.1 Å². The molecule has 0 fully saturated rings. The maximum atomic E-state index is 13.5. The number of hydrogen-bond acceptors (Lipinski definition) is 7. The zero-order valence-corrected chi connectivity index (χ0v) is 29.1. The molecule has 10 heteroatoms. The van der Waals surface area contributed by atoms with Gasteiger partial charge in [-0.1, -0.05) is 56.6 Å². The van der Waals surface area contributed by atoms with E-state index >= 15 is 0 Å². The van der Waals surface area contributed by atoms with E-state index in [2.05, 4.69) is 44.2 Å². The molecule has 0 spiro atoms. The molecule has 0 saturated carbocycles. The molecule has 0 aliphatic heterocycles. The first-order chi connectivity index (χ1) is 20.5. The van der Waals surface area contributed by atoms with Gasteiger partial charge >= 0.3 is 12.1 Å². The van der Waals surface area contributed by atoms with E-state index < -0.39 is 26.0 Å². The highest BCUT2D eigenvalue weighted by atomic mass is 35.5. The fourth-order valence-corrected chi connectivity index (χ4v) is 5.68.